The molecule has 0 aromatic heterocycles. The average Bonchev–Trinajstić information content (AvgIpc) is 2.36. The van der Waals surface area contributed by atoms with Crippen LogP contribution < -0.4 is 0 Å². The fourth-order valence-corrected chi connectivity index (χ4v) is 1.51. The molecule has 0 atom stereocenters. The maximum absolute atomic E-state index is 11.5. The van der Waals surface area contributed by atoms with Gasteiger partial charge in [-0.05, 0) is 31.0 Å². The summed E-state index contributed by atoms with van der Waals surface area (Å²) in [5.41, 5.74) is 1.12. The van der Waals surface area contributed by atoms with Gasteiger partial charge in [0.15, 0.2) is 6.29 Å². The zero-order valence-electron chi connectivity index (χ0n) is 10.0. The molecule has 0 saturated heterocycles. The lowest BCUT2D eigenvalue weighted by Crippen LogP contribution is -2.08. The summed E-state index contributed by atoms with van der Waals surface area (Å²) in [6.07, 6.45) is 0.868. The van der Waals surface area contributed by atoms with Crippen molar-refractivity contribution in [1.29, 1.82) is 0 Å². The standard InChI is InChI=1S/C13H14O5/c1-2-18-13(17)11-5-3-9(4-6-12(15)16)7-10(11)8-14/h3,5,7-8H,2,4,6H2,1H3,(H,15,16). The lowest BCUT2D eigenvalue weighted by molar-refractivity contribution is -0.136. The van der Waals surface area contributed by atoms with Crippen LogP contribution >= 0.6 is 0 Å². The van der Waals surface area contributed by atoms with Gasteiger partial charge in [0.25, 0.3) is 0 Å². The predicted molar refractivity (Wildman–Crippen MR) is 63.7 cm³/mol. The Morgan fingerprint density at radius 2 is 2.11 bits per heavy atom. The first kappa shape index (κ1) is 13.9. The monoisotopic (exact) mass is 250 g/mol. The number of aldehydes is 1. The summed E-state index contributed by atoms with van der Waals surface area (Å²) in [6.45, 7) is 1.91. The van der Waals surface area contributed by atoms with Crippen molar-refractivity contribution in [3.63, 3.8) is 0 Å². The number of hydrogen-bond donors (Lipinski definition) is 1. The first-order valence-corrected chi connectivity index (χ1v) is 5.55. The number of esters is 1. The molecule has 1 N–H and O–H groups in total. The molecule has 0 saturated carbocycles. The quantitative estimate of drug-likeness (QED) is 0.613. The van der Waals surface area contributed by atoms with E-state index in [0.29, 0.717) is 18.3 Å². The highest BCUT2D eigenvalue weighted by atomic mass is 16.5. The van der Waals surface area contributed by atoms with Crippen LogP contribution in [0.2, 0.25) is 0 Å². The summed E-state index contributed by atoms with van der Waals surface area (Å²) >= 11 is 0. The normalized spacial score (nSPS) is 9.83. The Bertz CT molecular complexity index is 464. The second-order valence-corrected chi connectivity index (χ2v) is 3.65. The van der Waals surface area contributed by atoms with Crippen molar-refractivity contribution in [2.75, 3.05) is 6.61 Å². The fourth-order valence-electron chi connectivity index (χ4n) is 1.51. The van der Waals surface area contributed by atoms with Crippen molar-refractivity contribution in [3.05, 3.63) is 34.9 Å². The summed E-state index contributed by atoms with van der Waals surface area (Å²) in [5.74, 6) is -1.46. The first-order chi connectivity index (χ1) is 8.58. The van der Waals surface area contributed by atoms with Crippen LogP contribution in [0, 0.1) is 0 Å². The van der Waals surface area contributed by atoms with E-state index in [1.54, 1.807) is 13.0 Å². The number of carboxylic acids is 1. The van der Waals surface area contributed by atoms with Crippen molar-refractivity contribution in [2.24, 2.45) is 0 Å². The summed E-state index contributed by atoms with van der Waals surface area (Å²) in [6, 6.07) is 4.63. The van der Waals surface area contributed by atoms with Gasteiger partial charge in [-0.3, -0.25) is 9.59 Å². The highest BCUT2D eigenvalue weighted by Crippen LogP contribution is 2.13. The van der Waals surface area contributed by atoms with Gasteiger partial charge in [0.1, 0.15) is 0 Å². The molecule has 18 heavy (non-hydrogen) atoms. The lowest BCUT2D eigenvalue weighted by atomic mass is 10.0. The molecule has 5 heteroatoms. The van der Waals surface area contributed by atoms with E-state index in [9.17, 15) is 14.4 Å². The maximum atomic E-state index is 11.5. The van der Waals surface area contributed by atoms with Crippen molar-refractivity contribution < 1.29 is 24.2 Å². The first-order valence-electron chi connectivity index (χ1n) is 5.55. The fraction of sp³-hybridized carbons (Fsp3) is 0.308. The van der Waals surface area contributed by atoms with Gasteiger partial charge in [-0.2, -0.15) is 0 Å². The van der Waals surface area contributed by atoms with Gasteiger partial charge >= 0.3 is 11.9 Å². The molecule has 0 radical (unpaired) electrons. The van der Waals surface area contributed by atoms with E-state index >= 15 is 0 Å². The SMILES string of the molecule is CCOC(=O)c1ccc(CCC(=O)O)cc1C=O. The minimum atomic E-state index is -0.905. The Balaban J connectivity index is 2.92. The van der Waals surface area contributed by atoms with Crippen molar-refractivity contribution in [1.82, 2.24) is 0 Å². The molecule has 0 heterocycles. The van der Waals surface area contributed by atoms with Crippen molar-refractivity contribution >= 4 is 18.2 Å². The maximum Gasteiger partial charge on any atom is 0.338 e. The van der Waals surface area contributed by atoms with Gasteiger partial charge in [-0.15, -0.1) is 0 Å². The molecular formula is C13H14O5. The molecule has 0 aliphatic rings. The van der Waals surface area contributed by atoms with Crippen molar-refractivity contribution in [3.8, 4) is 0 Å². The van der Waals surface area contributed by atoms with Crippen LogP contribution in [0.3, 0.4) is 0 Å². The molecule has 0 fully saturated rings. The Morgan fingerprint density at radius 1 is 1.39 bits per heavy atom. The second-order valence-electron chi connectivity index (χ2n) is 3.65. The Labute approximate surface area is 104 Å². The largest absolute Gasteiger partial charge is 0.481 e. The summed E-state index contributed by atoms with van der Waals surface area (Å²) in [7, 11) is 0. The summed E-state index contributed by atoms with van der Waals surface area (Å²) in [4.78, 5) is 32.9. The molecule has 1 rings (SSSR count). The van der Waals surface area contributed by atoms with E-state index in [1.165, 1.54) is 12.1 Å². The number of ether oxygens (including phenoxy) is 1. The molecular weight excluding hydrogens is 236 g/mol. The van der Waals surface area contributed by atoms with Gasteiger partial charge in [-0.1, -0.05) is 6.07 Å². The minimum Gasteiger partial charge on any atom is -0.481 e. The number of carbonyl (C=O) groups excluding carboxylic acids is 2. The van der Waals surface area contributed by atoms with Crippen LogP contribution in [0.25, 0.3) is 0 Å². The molecule has 1 aromatic rings. The number of carboxylic acid groups (broad SMARTS) is 1. The van der Waals surface area contributed by atoms with Crippen LogP contribution in [0.1, 0.15) is 39.6 Å². The molecule has 0 unspecified atom stereocenters. The van der Waals surface area contributed by atoms with Gasteiger partial charge in [0.05, 0.1) is 12.2 Å². The predicted octanol–water partition coefficient (Wildman–Crippen LogP) is 1.69. The van der Waals surface area contributed by atoms with Crippen LogP contribution in [0.5, 0.6) is 0 Å². The van der Waals surface area contributed by atoms with E-state index in [0.717, 1.165) is 0 Å². The number of benzene rings is 1. The van der Waals surface area contributed by atoms with Crippen LogP contribution in [-0.4, -0.2) is 29.9 Å². The van der Waals surface area contributed by atoms with E-state index in [1.807, 2.05) is 0 Å². The molecule has 0 aliphatic carbocycles. The Kier molecular flexibility index (Phi) is 5.05. The molecule has 0 bridgehead atoms. The number of carbonyl (C=O) groups is 3. The highest BCUT2D eigenvalue weighted by molar-refractivity contribution is 5.98. The van der Waals surface area contributed by atoms with E-state index < -0.39 is 11.9 Å². The number of rotatable bonds is 6. The number of hydrogen-bond acceptors (Lipinski definition) is 4. The number of aliphatic carboxylic acids is 1. The summed E-state index contributed by atoms with van der Waals surface area (Å²) < 4.78 is 4.82. The molecule has 0 amide bonds. The van der Waals surface area contributed by atoms with Gasteiger partial charge < -0.3 is 9.84 Å². The zero-order valence-corrected chi connectivity index (χ0v) is 10.0. The second kappa shape index (κ2) is 6.54. The third kappa shape index (κ3) is 3.69. The molecule has 96 valence electrons. The Hall–Kier alpha value is -2.17. The Morgan fingerprint density at radius 3 is 2.67 bits per heavy atom. The van der Waals surface area contributed by atoms with E-state index in [-0.39, 0.29) is 24.2 Å². The van der Waals surface area contributed by atoms with Gasteiger partial charge in [-0.25, -0.2) is 4.79 Å². The lowest BCUT2D eigenvalue weighted by Gasteiger charge is -2.06. The van der Waals surface area contributed by atoms with Gasteiger partial charge in [0.2, 0.25) is 0 Å². The summed E-state index contributed by atoms with van der Waals surface area (Å²) in [5, 5.41) is 8.57. The molecule has 0 aliphatic heterocycles. The highest BCUT2D eigenvalue weighted by Gasteiger charge is 2.12. The molecule has 5 nitrogen and oxygen atoms in total. The van der Waals surface area contributed by atoms with Gasteiger partial charge in [0, 0.05) is 12.0 Å². The number of aryl methyl sites for hydroxylation is 1. The third-order valence-electron chi connectivity index (χ3n) is 2.37. The van der Waals surface area contributed by atoms with Crippen LogP contribution in [0.15, 0.2) is 18.2 Å². The topological polar surface area (TPSA) is 80.7 Å². The van der Waals surface area contributed by atoms with Crippen LogP contribution in [-0.2, 0) is 16.0 Å². The van der Waals surface area contributed by atoms with Crippen molar-refractivity contribution in [2.45, 2.75) is 19.8 Å². The van der Waals surface area contributed by atoms with E-state index in [4.69, 9.17) is 9.84 Å². The van der Waals surface area contributed by atoms with E-state index in [2.05, 4.69) is 0 Å². The average molecular weight is 250 g/mol. The third-order valence-corrected chi connectivity index (χ3v) is 2.37. The van der Waals surface area contributed by atoms with Crippen LogP contribution in [0.4, 0.5) is 0 Å². The zero-order chi connectivity index (χ0) is 13.5. The smallest absolute Gasteiger partial charge is 0.338 e. The molecule has 1 aromatic carbocycles. The molecule has 0 spiro atoms. The minimum absolute atomic E-state index is 0.0168.